The van der Waals surface area contributed by atoms with Gasteiger partial charge in [-0.1, -0.05) is 11.6 Å². The summed E-state index contributed by atoms with van der Waals surface area (Å²) in [5.74, 6) is 0.318. The second-order valence-corrected chi connectivity index (χ2v) is 8.08. The van der Waals surface area contributed by atoms with Gasteiger partial charge in [0.05, 0.1) is 27.4 Å². The van der Waals surface area contributed by atoms with Gasteiger partial charge < -0.3 is 15.0 Å². The largest absolute Gasteiger partial charge is 0.380 e. The number of rotatable bonds is 5. The predicted octanol–water partition coefficient (Wildman–Crippen LogP) is 3.77. The van der Waals surface area contributed by atoms with E-state index in [4.69, 9.17) is 16.3 Å². The minimum absolute atomic E-state index is 0.0811. The molecule has 1 saturated heterocycles. The standard InChI is InChI=1S/C19H20ClN5O2S/c1-11(12-7-13(20)9-21-8-12)22-19-23-15-4-6-28-17(15)16(24-19)18(26)25-5-3-14(10-25)27-2/h4,6-9,11,14H,3,5,10H2,1-2H3,(H,22,23,24)/t11?,14-/m0/s1. The van der Waals surface area contributed by atoms with E-state index in [0.717, 1.165) is 22.2 Å². The summed E-state index contributed by atoms with van der Waals surface area (Å²) in [6, 6.07) is 3.63. The fraction of sp³-hybridized carbons (Fsp3) is 0.368. The Morgan fingerprint density at radius 2 is 2.29 bits per heavy atom. The van der Waals surface area contributed by atoms with Crippen LogP contribution in [0.1, 0.15) is 35.4 Å². The first-order valence-electron chi connectivity index (χ1n) is 8.99. The number of thiophene rings is 1. The number of nitrogens with zero attached hydrogens (tertiary/aromatic N) is 4. The summed E-state index contributed by atoms with van der Waals surface area (Å²) >= 11 is 7.51. The fourth-order valence-electron chi connectivity index (χ4n) is 3.27. The Hall–Kier alpha value is -2.29. The van der Waals surface area contributed by atoms with Gasteiger partial charge in [0, 0.05) is 32.6 Å². The zero-order chi connectivity index (χ0) is 19.7. The van der Waals surface area contributed by atoms with Gasteiger partial charge in [0.25, 0.3) is 5.91 Å². The normalized spacial score (nSPS) is 17.8. The van der Waals surface area contributed by atoms with Crippen LogP contribution in [0.5, 0.6) is 0 Å². The van der Waals surface area contributed by atoms with E-state index in [1.807, 2.05) is 24.4 Å². The summed E-state index contributed by atoms with van der Waals surface area (Å²) in [4.78, 5) is 28.1. The zero-order valence-corrected chi connectivity index (χ0v) is 17.1. The highest BCUT2D eigenvalue weighted by Crippen LogP contribution is 2.27. The van der Waals surface area contributed by atoms with Crippen molar-refractivity contribution < 1.29 is 9.53 Å². The van der Waals surface area contributed by atoms with Crippen molar-refractivity contribution in [3.05, 3.63) is 46.2 Å². The average molecular weight is 418 g/mol. The van der Waals surface area contributed by atoms with Crippen LogP contribution in [0.2, 0.25) is 5.02 Å². The van der Waals surface area contributed by atoms with Crippen molar-refractivity contribution in [2.45, 2.75) is 25.5 Å². The van der Waals surface area contributed by atoms with Crippen molar-refractivity contribution in [1.29, 1.82) is 0 Å². The SMILES string of the molecule is CO[C@H]1CCN(C(=O)c2nc(NC(C)c3cncc(Cl)c3)nc3ccsc23)C1. The highest BCUT2D eigenvalue weighted by molar-refractivity contribution is 7.17. The number of amides is 1. The van der Waals surface area contributed by atoms with Gasteiger partial charge in [0.15, 0.2) is 5.69 Å². The number of carbonyl (C=O) groups is 1. The number of hydrogen-bond acceptors (Lipinski definition) is 7. The molecule has 28 heavy (non-hydrogen) atoms. The number of fused-ring (bicyclic) bond motifs is 1. The highest BCUT2D eigenvalue weighted by atomic mass is 35.5. The second-order valence-electron chi connectivity index (χ2n) is 6.73. The van der Waals surface area contributed by atoms with Crippen LogP contribution in [0.15, 0.2) is 29.9 Å². The predicted molar refractivity (Wildman–Crippen MR) is 110 cm³/mol. The molecule has 1 aliphatic rings. The smallest absolute Gasteiger partial charge is 0.274 e. The first-order valence-corrected chi connectivity index (χ1v) is 10.2. The van der Waals surface area contributed by atoms with E-state index in [1.54, 1.807) is 24.4 Å². The lowest BCUT2D eigenvalue weighted by Gasteiger charge is -2.18. The van der Waals surface area contributed by atoms with Gasteiger partial charge in [-0.3, -0.25) is 9.78 Å². The molecule has 0 spiro atoms. The van der Waals surface area contributed by atoms with Crippen LogP contribution in [0.25, 0.3) is 10.2 Å². The molecule has 0 saturated carbocycles. The third-order valence-corrected chi connectivity index (χ3v) is 5.96. The van der Waals surface area contributed by atoms with E-state index in [-0.39, 0.29) is 18.1 Å². The third kappa shape index (κ3) is 3.80. The molecule has 1 aliphatic heterocycles. The summed E-state index contributed by atoms with van der Waals surface area (Å²) in [6.07, 6.45) is 4.25. The molecule has 146 valence electrons. The molecule has 4 heterocycles. The molecule has 9 heteroatoms. The van der Waals surface area contributed by atoms with E-state index >= 15 is 0 Å². The molecule has 0 aliphatic carbocycles. The molecule has 0 radical (unpaired) electrons. The quantitative estimate of drug-likeness (QED) is 0.680. The van der Waals surface area contributed by atoms with Crippen molar-refractivity contribution >= 4 is 45.0 Å². The summed E-state index contributed by atoms with van der Waals surface area (Å²) in [5, 5.41) is 5.75. The van der Waals surface area contributed by atoms with Crippen LogP contribution in [0.4, 0.5) is 5.95 Å². The van der Waals surface area contributed by atoms with Gasteiger partial charge in [0.1, 0.15) is 0 Å². The zero-order valence-electron chi connectivity index (χ0n) is 15.6. The first-order chi connectivity index (χ1) is 13.5. The van der Waals surface area contributed by atoms with Crippen LogP contribution in [0, 0.1) is 0 Å². The van der Waals surface area contributed by atoms with E-state index in [0.29, 0.717) is 29.8 Å². The Morgan fingerprint density at radius 3 is 3.04 bits per heavy atom. The number of likely N-dealkylation sites (tertiary alicyclic amines) is 1. The molecule has 3 aromatic heterocycles. The van der Waals surface area contributed by atoms with Crippen LogP contribution >= 0.6 is 22.9 Å². The lowest BCUT2D eigenvalue weighted by molar-refractivity contribution is 0.0721. The second kappa shape index (κ2) is 7.98. The maximum atomic E-state index is 13.1. The van der Waals surface area contributed by atoms with Gasteiger partial charge in [-0.05, 0) is 36.4 Å². The summed E-state index contributed by atoms with van der Waals surface area (Å²) in [7, 11) is 1.68. The van der Waals surface area contributed by atoms with Gasteiger partial charge in [-0.25, -0.2) is 9.97 Å². The molecule has 1 N–H and O–H groups in total. The number of anilines is 1. The van der Waals surface area contributed by atoms with Crippen molar-refractivity contribution in [1.82, 2.24) is 19.9 Å². The minimum atomic E-state index is -0.116. The monoisotopic (exact) mass is 417 g/mol. The molecule has 2 atom stereocenters. The summed E-state index contributed by atoms with van der Waals surface area (Å²) < 4.78 is 6.18. The van der Waals surface area contributed by atoms with E-state index in [9.17, 15) is 4.79 Å². The summed E-state index contributed by atoms with van der Waals surface area (Å²) in [6.45, 7) is 3.22. The Kier molecular flexibility index (Phi) is 5.43. The Bertz CT molecular complexity index is 1010. The van der Waals surface area contributed by atoms with Gasteiger partial charge in [-0.2, -0.15) is 0 Å². The van der Waals surface area contributed by atoms with Crippen molar-refractivity contribution in [2.24, 2.45) is 0 Å². The maximum absolute atomic E-state index is 13.1. The molecule has 4 rings (SSSR count). The molecule has 1 fully saturated rings. The molecule has 7 nitrogen and oxygen atoms in total. The van der Waals surface area contributed by atoms with Crippen LogP contribution in [-0.2, 0) is 4.74 Å². The van der Waals surface area contributed by atoms with Gasteiger partial charge >= 0.3 is 0 Å². The number of carbonyl (C=O) groups excluding carboxylic acids is 1. The molecule has 1 unspecified atom stereocenters. The number of pyridine rings is 1. The minimum Gasteiger partial charge on any atom is -0.380 e. The molecular weight excluding hydrogens is 398 g/mol. The number of aromatic nitrogens is 3. The van der Waals surface area contributed by atoms with Crippen molar-refractivity contribution in [2.75, 3.05) is 25.5 Å². The number of nitrogens with one attached hydrogen (secondary N) is 1. The topological polar surface area (TPSA) is 80.2 Å². The van der Waals surface area contributed by atoms with Crippen molar-refractivity contribution in [3.8, 4) is 0 Å². The number of methoxy groups -OCH3 is 1. The Labute approximate surface area is 171 Å². The van der Waals surface area contributed by atoms with E-state index < -0.39 is 0 Å². The van der Waals surface area contributed by atoms with E-state index in [2.05, 4.69) is 20.3 Å². The Balaban J connectivity index is 1.63. The number of hydrogen-bond donors (Lipinski definition) is 1. The highest BCUT2D eigenvalue weighted by Gasteiger charge is 2.29. The number of halogens is 1. The lowest BCUT2D eigenvalue weighted by atomic mass is 10.1. The van der Waals surface area contributed by atoms with E-state index in [1.165, 1.54) is 11.3 Å². The molecule has 0 aromatic carbocycles. The average Bonchev–Trinajstić information content (AvgIpc) is 3.36. The van der Waals surface area contributed by atoms with Crippen LogP contribution < -0.4 is 5.32 Å². The molecular formula is C19H20ClN5O2S. The van der Waals surface area contributed by atoms with Crippen LogP contribution in [-0.4, -0.2) is 52.1 Å². The van der Waals surface area contributed by atoms with Crippen molar-refractivity contribution in [3.63, 3.8) is 0 Å². The van der Waals surface area contributed by atoms with Gasteiger partial charge in [-0.15, -0.1) is 11.3 Å². The number of ether oxygens (including phenoxy) is 1. The molecule has 0 bridgehead atoms. The first kappa shape index (κ1) is 19.0. The molecule has 1 amide bonds. The Morgan fingerprint density at radius 1 is 1.43 bits per heavy atom. The molecule has 3 aromatic rings. The third-order valence-electron chi connectivity index (χ3n) is 4.84. The van der Waals surface area contributed by atoms with Gasteiger partial charge in [0.2, 0.25) is 5.95 Å². The van der Waals surface area contributed by atoms with Crippen LogP contribution in [0.3, 0.4) is 0 Å². The summed E-state index contributed by atoms with van der Waals surface area (Å²) in [5.41, 5.74) is 2.09. The fourth-order valence-corrected chi connectivity index (χ4v) is 4.26. The lowest BCUT2D eigenvalue weighted by Crippen LogP contribution is -2.31. The maximum Gasteiger partial charge on any atom is 0.274 e.